The number of carbonyl (C=O) groups is 9. The van der Waals surface area contributed by atoms with Crippen LogP contribution in [0.2, 0.25) is 0 Å². The van der Waals surface area contributed by atoms with Crippen LogP contribution in [0.25, 0.3) is 50.7 Å². The van der Waals surface area contributed by atoms with Gasteiger partial charge in [0.05, 0.1) is 62.9 Å². The van der Waals surface area contributed by atoms with E-state index < -0.39 is 224 Å². The van der Waals surface area contributed by atoms with Crippen LogP contribution in [0.3, 0.4) is 0 Å². The van der Waals surface area contributed by atoms with Gasteiger partial charge in [-0.05, 0) is 150 Å². The molecule has 9 aliphatic rings. The van der Waals surface area contributed by atoms with Gasteiger partial charge in [0.25, 0.3) is 17.7 Å². The van der Waals surface area contributed by atoms with Crippen LogP contribution >= 0.6 is 0 Å². The van der Waals surface area contributed by atoms with E-state index in [0.717, 1.165) is 6.07 Å². The summed E-state index contributed by atoms with van der Waals surface area (Å²) in [5, 5.41) is 136. The number of amides is 3. The average Bonchev–Trinajstić information content (AvgIpc) is 0.702. The number of ketones is 6. The minimum absolute atomic E-state index is 0.000235. The summed E-state index contributed by atoms with van der Waals surface area (Å²) in [4.78, 5) is 196. The van der Waals surface area contributed by atoms with E-state index in [1.165, 1.54) is 99.3 Å². The number of anilines is 3. The van der Waals surface area contributed by atoms with E-state index in [2.05, 4.69) is 5.32 Å². The number of nitrogens with two attached hydrogens (primary N) is 4. The van der Waals surface area contributed by atoms with Gasteiger partial charge in [-0.25, -0.2) is 0 Å². The molecule has 0 aromatic heterocycles. The molecule has 6 aromatic carbocycles. The number of benzene rings is 3. The van der Waals surface area contributed by atoms with Crippen molar-refractivity contribution in [3.8, 4) is 50.6 Å². The van der Waals surface area contributed by atoms with Crippen LogP contribution in [0, 0.1) is 35.5 Å². The number of phenols is 3. The van der Waals surface area contributed by atoms with Crippen molar-refractivity contribution < 1.29 is 104 Å². The number of hydrogen-bond acceptors (Lipinski definition) is 33. The molecule has 0 saturated heterocycles. The molecule has 9 aliphatic carbocycles. The molecule has 0 unspecified atom stereocenters. The monoisotopic (exact) mass is 1570 g/mol. The Morgan fingerprint density at radius 1 is 0.395 bits per heavy atom. The van der Waals surface area contributed by atoms with Crippen molar-refractivity contribution in [1.82, 2.24) is 14.7 Å². The number of likely N-dealkylation sites (N-methyl/N-ethyl adjacent to an activating group) is 3. The van der Waals surface area contributed by atoms with E-state index in [1.54, 1.807) is 14.1 Å². The molecule has 12 atom stereocenters. The van der Waals surface area contributed by atoms with Gasteiger partial charge < -0.3 is 94.4 Å². The van der Waals surface area contributed by atoms with Crippen LogP contribution in [-0.4, -0.2) is 227 Å². The Kier molecular flexibility index (Phi) is 18.5. The molecular formula is C78H75N9O27. The first-order valence-corrected chi connectivity index (χ1v) is 35.3. The summed E-state index contributed by atoms with van der Waals surface area (Å²) in [6.45, 7) is 0. The van der Waals surface area contributed by atoms with E-state index in [9.17, 15) is 133 Å². The van der Waals surface area contributed by atoms with Crippen LogP contribution in [0.5, 0.6) is 17.2 Å². The van der Waals surface area contributed by atoms with Gasteiger partial charge in [0.15, 0.2) is 34.2 Å². The van der Waals surface area contributed by atoms with Crippen LogP contribution < -0.4 is 65.7 Å². The molecule has 15 rings (SSSR count). The van der Waals surface area contributed by atoms with E-state index >= 15 is 0 Å². The summed E-state index contributed by atoms with van der Waals surface area (Å²) in [6.07, 6.45) is -0.317. The predicted octanol–water partition coefficient (Wildman–Crippen LogP) is -2.63. The summed E-state index contributed by atoms with van der Waals surface area (Å²) >= 11 is 0. The molecule has 6 aromatic rings. The SMILES string of the molecule is CN(C)[C@@H]1C(=O)C(C(N)=O)=C(O)[C@@]2(O)C(=O)C3=C(O)c4c(O)ccc(-c5c(N)c(=O)c5=O)c4C[C@H]3C[C@@H]12.CN(C)c1c(-c2ccc(O)c3c2C[C@H]2C[C@H]4[C@H](N(C)C)C(=O)C(C(N)=O)=C(O)[C@@]4(O)C(=O)C2=C3O)c(=O)c1=O.CNc1c(-c2ccc(O)c3c2C[C@H]2C[C@H]4[C@H](N(C)C)C(=O)C(C(N)=O)=C(O)[C@@]4(O)C(=O)C2=C3O)c(=O)c1=O. The van der Waals surface area contributed by atoms with Crippen molar-refractivity contribution in [3.05, 3.63) is 182 Å². The predicted molar refractivity (Wildman–Crippen MR) is 402 cm³/mol. The molecule has 0 spiro atoms. The zero-order chi connectivity index (χ0) is 84.2. The Morgan fingerprint density at radius 3 is 0.947 bits per heavy atom. The topological polar surface area (TPSA) is 628 Å². The maximum atomic E-state index is 13.9. The highest BCUT2D eigenvalue weighted by atomic mass is 16.4. The fourth-order valence-corrected chi connectivity index (χ4v) is 19.1. The third kappa shape index (κ3) is 10.5. The lowest BCUT2D eigenvalue weighted by Crippen LogP contribution is -2.65. The van der Waals surface area contributed by atoms with Crippen molar-refractivity contribution in [2.75, 3.05) is 79.4 Å². The minimum Gasteiger partial charge on any atom is -0.508 e. The normalized spacial score (nSPS) is 27.0. The number of aliphatic hydroxyl groups excluding tert-OH is 6. The standard InChI is InChI=1S/C27H27N3O9.C26H25N3O9.C25H23N3O9/c1-29(2)18-12-8-9-7-11-10(16-19(30(3)4)23(35)22(16)34)5-6-13(31)15(11)20(32)14(9)24(36)27(12,39)25(37)17(21(18)33)26(28)38;1-28-17-15(21(33)22(17)34)9-4-5-12(30)14-10(9)6-8-7-11-18(29(2)3)20(32)16(25(27)37)24(36)26(11,38)23(35)13(8)19(14)31;1-28(2)17-10-6-7-5-9-8(14-16(26)21(33)20(14)32)3-4-11(29)13(9)18(30)12(7)22(34)25(10,37)23(35)15(19(17)31)24(27)36/h5-6,9,12,18,31-32,37,39H,7-8H2,1-4H3,(H2,28,38);4-5,8,11,18,28,30-31,36,38H,6-7H2,1-3H3,(H2,27,37);3-4,7,10,17,29-30,35,37H,5-6,26H2,1-2H3,(H2,27,36)/t9-,12-,18-,27-;8-,11-,18-,26-;7-,10-,17-,25-/m000/s1. The summed E-state index contributed by atoms with van der Waals surface area (Å²) in [5.41, 5.74) is 6.57. The first-order chi connectivity index (χ1) is 53.2. The second kappa shape index (κ2) is 26.7. The lowest BCUT2D eigenvalue weighted by Gasteiger charge is -2.50. The number of phenolic OH excluding ortho intramolecular Hbond substituents is 3. The summed E-state index contributed by atoms with van der Waals surface area (Å²) in [6, 6.07) is 4.22. The molecule has 21 N–H and O–H groups in total. The van der Waals surface area contributed by atoms with E-state index in [-0.39, 0.29) is 122 Å². The van der Waals surface area contributed by atoms with Gasteiger partial charge in [-0.3, -0.25) is 86.6 Å². The van der Waals surface area contributed by atoms with Gasteiger partial charge in [0.1, 0.15) is 74.2 Å². The maximum Gasteiger partial charge on any atom is 0.255 e. The number of hydrogen-bond donors (Lipinski definition) is 17. The molecule has 3 fully saturated rings. The highest BCUT2D eigenvalue weighted by molar-refractivity contribution is 6.27. The first-order valence-electron chi connectivity index (χ1n) is 35.3. The van der Waals surface area contributed by atoms with Crippen molar-refractivity contribution in [2.24, 2.45) is 52.7 Å². The first kappa shape index (κ1) is 79.2. The maximum absolute atomic E-state index is 13.9. The number of fused-ring (bicyclic) bond motifs is 9. The Hall–Kier alpha value is -12.9. The number of Topliss-reactive ketones (excluding diaryl/α,β-unsaturated/α-hetero) is 6. The number of aliphatic hydroxyl groups is 9. The number of nitrogens with zero attached hydrogens (tertiary/aromatic N) is 4. The smallest absolute Gasteiger partial charge is 0.255 e. The Morgan fingerprint density at radius 2 is 0.675 bits per heavy atom. The molecule has 0 bridgehead atoms. The van der Waals surface area contributed by atoms with Gasteiger partial charge in [-0.15, -0.1) is 0 Å². The Labute approximate surface area is 641 Å². The number of primary amides is 3. The van der Waals surface area contributed by atoms with Crippen molar-refractivity contribution in [3.63, 3.8) is 0 Å². The summed E-state index contributed by atoms with van der Waals surface area (Å²) in [5.74, 6) is -22.9. The number of aromatic hydroxyl groups is 3. The largest absolute Gasteiger partial charge is 0.508 e. The van der Waals surface area contributed by atoms with Crippen molar-refractivity contribution >= 4 is 86.8 Å². The lowest BCUT2D eigenvalue weighted by atomic mass is 9.57. The fraction of sp³-hybridized carbons (Fsp3) is 0.346. The van der Waals surface area contributed by atoms with Crippen molar-refractivity contribution in [2.45, 2.75) is 73.5 Å². The van der Waals surface area contributed by atoms with Crippen LogP contribution in [0.1, 0.15) is 52.6 Å². The highest BCUT2D eigenvalue weighted by Crippen LogP contribution is 2.58. The molecule has 114 heavy (non-hydrogen) atoms. The number of nitrogens with one attached hydrogen (secondary N) is 1. The quantitative estimate of drug-likeness (QED) is 0.0466. The molecule has 3 saturated carbocycles. The Balaban J connectivity index is 0.000000149. The number of carbonyl (C=O) groups excluding carboxylic acids is 9. The van der Waals surface area contributed by atoms with Crippen LogP contribution in [0.15, 0.2) is 116 Å². The molecule has 36 nitrogen and oxygen atoms in total. The average molecular weight is 1570 g/mol. The van der Waals surface area contributed by atoms with Gasteiger partial charge in [0, 0.05) is 55.6 Å². The Bertz CT molecular complexity index is 5980. The lowest BCUT2D eigenvalue weighted by molar-refractivity contribution is -0.155. The number of nitrogen functional groups attached to an aromatic ring is 1. The van der Waals surface area contributed by atoms with E-state index in [1.807, 2.05) is 0 Å². The zero-order valence-corrected chi connectivity index (χ0v) is 62.0. The van der Waals surface area contributed by atoms with Gasteiger partial charge in [-0.1, -0.05) is 18.2 Å². The third-order valence-electron chi connectivity index (χ3n) is 24.1. The molecule has 3 amide bonds. The molecule has 0 aliphatic heterocycles. The molecule has 0 heterocycles. The van der Waals surface area contributed by atoms with Gasteiger partial charge in [-0.2, -0.15) is 0 Å². The number of rotatable bonds is 11. The zero-order valence-electron chi connectivity index (χ0n) is 62.0. The van der Waals surface area contributed by atoms with Gasteiger partial charge >= 0.3 is 0 Å². The van der Waals surface area contributed by atoms with Crippen LogP contribution in [0.4, 0.5) is 17.1 Å². The van der Waals surface area contributed by atoms with E-state index in [4.69, 9.17) is 22.9 Å². The summed E-state index contributed by atoms with van der Waals surface area (Å²) < 4.78 is 0. The molecule has 0 radical (unpaired) electrons. The van der Waals surface area contributed by atoms with Gasteiger partial charge in [0.2, 0.25) is 49.9 Å². The minimum atomic E-state index is -2.75. The second-order valence-electron chi connectivity index (χ2n) is 30.7. The van der Waals surface area contributed by atoms with Crippen LogP contribution in [-0.2, 0) is 62.4 Å². The third-order valence-corrected chi connectivity index (χ3v) is 24.1. The van der Waals surface area contributed by atoms with Crippen molar-refractivity contribution in [1.29, 1.82) is 0 Å². The fourth-order valence-electron chi connectivity index (χ4n) is 19.1. The highest BCUT2D eigenvalue weighted by Gasteiger charge is 2.68. The van der Waals surface area contributed by atoms with E-state index in [0.29, 0.717) is 16.7 Å². The second-order valence-corrected chi connectivity index (χ2v) is 30.7. The summed E-state index contributed by atoms with van der Waals surface area (Å²) in [7, 11) is 13.7. The molecule has 594 valence electrons. The molecular weight excluding hydrogens is 1490 g/mol. The molecule has 36 heteroatoms.